The zero-order valence-corrected chi connectivity index (χ0v) is 16.9. The summed E-state index contributed by atoms with van der Waals surface area (Å²) in [7, 11) is 0. The fraction of sp³-hybridized carbons (Fsp3) is 0.450. The van der Waals surface area contributed by atoms with Crippen molar-refractivity contribution in [2.75, 3.05) is 5.43 Å². The van der Waals surface area contributed by atoms with E-state index in [2.05, 4.69) is 23.7 Å². The molecule has 28 heavy (non-hydrogen) atoms. The number of aromatic nitrogens is 2. The molecule has 4 rings (SSSR count). The first-order valence-corrected chi connectivity index (χ1v) is 10.3. The molecule has 2 saturated carbocycles. The van der Waals surface area contributed by atoms with Crippen LogP contribution in [0.15, 0.2) is 39.3 Å². The lowest BCUT2D eigenvalue weighted by atomic mass is 10.1. The van der Waals surface area contributed by atoms with Crippen molar-refractivity contribution in [3.63, 3.8) is 0 Å². The van der Waals surface area contributed by atoms with Crippen molar-refractivity contribution in [2.24, 2.45) is 5.92 Å². The van der Waals surface area contributed by atoms with Crippen LogP contribution in [0.3, 0.4) is 0 Å². The third-order valence-corrected chi connectivity index (χ3v) is 6.65. The van der Waals surface area contributed by atoms with Crippen LogP contribution >= 0.6 is 11.9 Å². The largest absolute Gasteiger partial charge is 0.350 e. The number of amides is 1. The number of rotatable bonds is 7. The van der Waals surface area contributed by atoms with Crippen LogP contribution in [-0.2, 0) is 11.3 Å². The zero-order valence-electron chi connectivity index (χ0n) is 16.1. The van der Waals surface area contributed by atoms with Gasteiger partial charge < -0.3 is 0 Å². The lowest BCUT2D eigenvalue weighted by Crippen LogP contribution is -2.46. The lowest BCUT2D eigenvalue weighted by Gasteiger charge is -2.17. The van der Waals surface area contributed by atoms with Crippen molar-refractivity contribution in [3.8, 4) is 0 Å². The maximum atomic E-state index is 13.0. The molecular weight excluding hydrogens is 376 g/mol. The highest BCUT2D eigenvalue weighted by molar-refractivity contribution is 7.97. The molecule has 0 spiro atoms. The summed E-state index contributed by atoms with van der Waals surface area (Å²) in [5.74, 6) is -0.158. The molecule has 0 aliphatic heterocycles. The van der Waals surface area contributed by atoms with Crippen LogP contribution in [0.5, 0.6) is 0 Å². The van der Waals surface area contributed by atoms with E-state index in [9.17, 15) is 14.4 Å². The van der Waals surface area contributed by atoms with E-state index >= 15 is 0 Å². The minimum Gasteiger partial charge on any atom is -0.291 e. The van der Waals surface area contributed by atoms with Gasteiger partial charge in [0.1, 0.15) is 0 Å². The number of hydrogen-bond acceptors (Lipinski definition) is 5. The molecule has 1 aromatic carbocycles. The van der Waals surface area contributed by atoms with Crippen molar-refractivity contribution < 1.29 is 4.79 Å². The normalized spacial score (nSPS) is 17.5. The number of hydrogen-bond donors (Lipinski definition) is 2. The fourth-order valence-electron chi connectivity index (χ4n) is 3.07. The molecule has 0 radical (unpaired) electrons. The number of aryl methyl sites for hydroxylation is 1. The molecule has 1 heterocycles. The summed E-state index contributed by atoms with van der Waals surface area (Å²) in [5, 5.41) is 0.417. The van der Waals surface area contributed by atoms with E-state index < -0.39 is 17.2 Å². The van der Waals surface area contributed by atoms with Gasteiger partial charge >= 0.3 is 5.69 Å². The van der Waals surface area contributed by atoms with Crippen LogP contribution in [0.25, 0.3) is 10.9 Å². The Morgan fingerprint density at radius 3 is 2.68 bits per heavy atom. The van der Waals surface area contributed by atoms with Gasteiger partial charge in [-0.1, -0.05) is 6.58 Å². The van der Waals surface area contributed by atoms with Crippen molar-refractivity contribution in [1.29, 1.82) is 0 Å². The summed E-state index contributed by atoms with van der Waals surface area (Å²) >= 11 is 1.51. The van der Waals surface area contributed by atoms with E-state index in [4.69, 9.17) is 0 Å². The minimum atomic E-state index is -0.596. The molecule has 2 aliphatic carbocycles. The van der Waals surface area contributed by atoms with E-state index in [1.165, 1.54) is 11.9 Å². The number of carbonyl (C=O) groups is 1. The number of benzene rings is 1. The van der Waals surface area contributed by atoms with Gasteiger partial charge in [-0.2, -0.15) is 4.68 Å². The Kier molecular flexibility index (Phi) is 4.71. The summed E-state index contributed by atoms with van der Waals surface area (Å²) in [6.07, 6.45) is 5.45. The molecule has 1 amide bonds. The molecule has 7 nitrogen and oxygen atoms in total. The van der Waals surface area contributed by atoms with Crippen LogP contribution in [0, 0.1) is 12.8 Å². The third kappa shape index (κ3) is 3.66. The quantitative estimate of drug-likeness (QED) is 0.550. The van der Waals surface area contributed by atoms with E-state index in [0.717, 1.165) is 46.9 Å². The molecule has 0 atom stereocenters. The predicted molar refractivity (Wildman–Crippen MR) is 111 cm³/mol. The van der Waals surface area contributed by atoms with Gasteiger partial charge in [0, 0.05) is 17.0 Å². The zero-order chi connectivity index (χ0) is 20.1. The maximum absolute atomic E-state index is 13.0. The minimum absolute atomic E-state index is 0.148. The number of fused-ring (bicyclic) bond motifs is 1. The first kappa shape index (κ1) is 19.0. The monoisotopic (exact) mass is 400 g/mol. The first-order chi connectivity index (χ1) is 13.3. The van der Waals surface area contributed by atoms with Gasteiger partial charge in [-0.15, -0.1) is 0 Å². The number of nitrogens with one attached hydrogen (secondary N) is 2. The molecule has 8 heteroatoms. The number of nitrogens with zero attached hydrogens (tertiary/aromatic N) is 2. The molecule has 1 aromatic heterocycles. The van der Waals surface area contributed by atoms with E-state index in [1.807, 2.05) is 19.1 Å². The summed E-state index contributed by atoms with van der Waals surface area (Å²) in [6.45, 7) is 8.08. The van der Waals surface area contributed by atoms with Crippen molar-refractivity contribution in [2.45, 2.75) is 56.5 Å². The highest BCUT2D eigenvalue weighted by Crippen LogP contribution is 2.38. The SMILES string of the molecule is C=CC(=O)Nn1c(=O)c2cc(SNC3(C)CC3)c(C)cc2n(CC2CC2)c1=O. The highest BCUT2D eigenvalue weighted by Gasteiger charge is 2.37. The van der Waals surface area contributed by atoms with E-state index in [0.29, 0.717) is 23.4 Å². The average Bonchev–Trinajstić information content (AvgIpc) is 3.59. The van der Waals surface area contributed by atoms with Crippen molar-refractivity contribution in [3.05, 3.63) is 51.2 Å². The second kappa shape index (κ2) is 6.93. The summed E-state index contributed by atoms with van der Waals surface area (Å²) in [6, 6.07) is 3.72. The van der Waals surface area contributed by atoms with Crippen LogP contribution < -0.4 is 21.4 Å². The molecule has 2 N–H and O–H groups in total. The molecule has 0 bridgehead atoms. The van der Waals surface area contributed by atoms with Crippen LogP contribution in [-0.4, -0.2) is 20.7 Å². The topological polar surface area (TPSA) is 85.1 Å². The molecule has 2 aromatic rings. The molecule has 0 saturated heterocycles. The molecule has 2 aliphatic rings. The van der Waals surface area contributed by atoms with Crippen LogP contribution in [0.4, 0.5) is 0 Å². The van der Waals surface area contributed by atoms with E-state index in [1.54, 1.807) is 4.57 Å². The average molecular weight is 401 g/mol. The Balaban J connectivity index is 1.85. The Morgan fingerprint density at radius 1 is 1.36 bits per heavy atom. The van der Waals surface area contributed by atoms with Gasteiger partial charge in [0.2, 0.25) is 0 Å². The van der Waals surface area contributed by atoms with Gasteiger partial charge in [0.25, 0.3) is 11.5 Å². The summed E-state index contributed by atoms with van der Waals surface area (Å²) in [5.41, 5.74) is 3.06. The predicted octanol–water partition coefficient (Wildman–Crippen LogP) is 2.29. The van der Waals surface area contributed by atoms with Gasteiger partial charge in [-0.3, -0.25) is 24.3 Å². The van der Waals surface area contributed by atoms with Gasteiger partial charge in [-0.25, -0.2) is 4.79 Å². The standard InChI is InChI=1S/C20H24N4O3S/c1-4-17(25)21-24-18(26)14-10-16(28-22-20(3)7-8-20)12(2)9-15(14)23(19(24)27)11-13-5-6-13/h4,9-10,13,22H,1,5-8,11H2,2-3H3,(H,21,25). The molecule has 0 unspecified atom stereocenters. The Hall–Kier alpha value is -2.32. The Morgan fingerprint density at radius 2 is 2.07 bits per heavy atom. The smallest absolute Gasteiger partial charge is 0.291 e. The molecule has 2 fully saturated rings. The van der Waals surface area contributed by atoms with Crippen LogP contribution in [0.2, 0.25) is 0 Å². The number of carbonyl (C=O) groups excluding carboxylic acids is 1. The summed E-state index contributed by atoms with van der Waals surface area (Å²) < 4.78 is 5.86. The van der Waals surface area contributed by atoms with Gasteiger partial charge in [0.05, 0.1) is 10.9 Å². The second-order valence-electron chi connectivity index (χ2n) is 8.06. The maximum Gasteiger partial charge on any atom is 0.350 e. The van der Waals surface area contributed by atoms with Crippen molar-refractivity contribution >= 4 is 28.8 Å². The fourth-order valence-corrected chi connectivity index (χ4v) is 4.02. The van der Waals surface area contributed by atoms with Gasteiger partial charge in [0.15, 0.2) is 0 Å². The van der Waals surface area contributed by atoms with Crippen LogP contribution in [0.1, 0.15) is 38.2 Å². The third-order valence-electron chi connectivity index (χ3n) is 5.39. The van der Waals surface area contributed by atoms with Crippen molar-refractivity contribution in [1.82, 2.24) is 14.0 Å². The molecular formula is C20H24N4O3S. The highest BCUT2D eigenvalue weighted by atomic mass is 32.2. The van der Waals surface area contributed by atoms with E-state index in [-0.39, 0.29) is 5.54 Å². The Labute approximate surface area is 166 Å². The Bertz CT molecular complexity index is 1090. The van der Waals surface area contributed by atoms with Gasteiger partial charge in [-0.05, 0) is 81.2 Å². The molecule has 148 valence electrons. The second-order valence-corrected chi connectivity index (χ2v) is 8.91. The first-order valence-electron chi connectivity index (χ1n) is 9.49. The lowest BCUT2D eigenvalue weighted by molar-refractivity contribution is -0.112. The summed E-state index contributed by atoms with van der Waals surface area (Å²) in [4.78, 5) is 38.6.